The second-order valence-corrected chi connectivity index (χ2v) is 12.6. The molecule has 2 saturated carbocycles. The third-order valence-electron chi connectivity index (χ3n) is 8.39. The average molecular weight is 591 g/mol. The van der Waals surface area contributed by atoms with Crippen molar-refractivity contribution < 1.29 is 23.9 Å². The van der Waals surface area contributed by atoms with Gasteiger partial charge in [-0.15, -0.1) is 5.48 Å². The summed E-state index contributed by atoms with van der Waals surface area (Å²) in [4.78, 5) is 24.0. The van der Waals surface area contributed by atoms with E-state index in [1.54, 1.807) is 0 Å². The van der Waals surface area contributed by atoms with Crippen molar-refractivity contribution >= 4 is 55.9 Å². The molecule has 0 bridgehead atoms. The molecule has 204 valence electrons. The van der Waals surface area contributed by atoms with Gasteiger partial charge in [-0.25, -0.2) is 14.2 Å². The molecule has 1 aromatic heterocycles. The number of hydrogen-bond acceptors (Lipinski definition) is 7. The highest BCUT2D eigenvalue weighted by Crippen LogP contribution is 2.48. The fraction of sp³-hybridized carbons (Fsp3) is 0.429. The van der Waals surface area contributed by atoms with Gasteiger partial charge in [-0.1, -0.05) is 40.6 Å². The highest BCUT2D eigenvalue weighted by molar-refractivity contribution is 7.22. The molecular formula is C28H26Cl2FN3O4S. The molecule has 3 unspecified atom stereocenters. The van der Waals surface area contributed by atoms with Crippen molar-refractivity contribution in [3.05, 3.63) is 68.7 Å². The quantitative estimate of drug-likeness (QED) is 0.320. The van der Waals surface area contributed by atoms with Crippen LogP contribution in [0.2, 0.25) is 10.0 Å². The number of carbonyl (C=O) groups is 1. The standard InChI is InChI=1S/C28H26Cl2FN3O4S/c29-18-2-1-3-19(30)23(18)24-17(26(38-33-24)13-4-5-13)12-37-21-7-6-14-10-34(11-16(14)21)28-32-25-20(31)8-15(27(35)36)9-22(25)39-28/h1-3,8-9,13-14,16,21,24,33H,4-7,10-12H2,(H,35,36)/t14?,16?,21-,24?/m1/s1. The van der Waals surface area contributed by atoms with Gasteiger partial charge < -0.3 is 19.6 Å². The number of fused-ring (bicyclic) bond motifs is 2. The van der Waals surface area contributed by atoms with Crippen LogP contribution in [0.1, 0.15) is 47.6 Å². The molecule has 3 heterocycles. The van der Waals surface area contributed by atoms with Gasteiger partial charge >= 0.3 is 5.97 Å². The summed E-state index contributed by atoms with van der Waals surface area (Å²) < 4.78 is 21.7. The molecule has 3 aromatic rings. The van der Waals surface area contributed by atoms with E-state index in [0.717, 1.165) is 66.9 Å². The first-order valence-electron chi connectivity index (χ1n) is 13.2. The fourth-order valence-corrected chi connectivity index (χ4v) is 7.93. The molecule has 7 nitrogen and oxygen atoms in total. The molecule has 2 aromatic carbocycles. The second-order valence-electron chi connectivity index (χ2n) is 10.8. The second kappa shape index (κ2) is 9.89. The number of benzene rings is 2. The summed E-state index contributed by atoms with van der Waals surface area (Å²) in [5.41, 5.74) is 5.17. The number of aromatic carboxylic acids is 1. The van der Waals surface area contributed by atoms with Crippen molar-refractivity contribution in [2.45, 2.75) is 37.8 Å². The number of anilines is 1. The smallest absolute Gasteiger partial charge is 0.335 e. The van der Waals surface area contributed by atoms with Gasteiger partial charge in [0.15, 0.2) is 10.9 Å². The van der Waals surface area contributed by atoms with Crippen molar-refractivity contribution in [3.63, 3.8) is 0 Å². The van der Waals surface area contributed by atoms with Gasteiger partial charge in [0.2, 0.25) is 0 Å². The van der Waals surface area contributed by atoms with Gasteiger partial charge in [-0.2, -0.15) is 0 Å². The lowest BCUT2D eigenvalue weighted by molar-refractivity contribution is 0.0409. The molecule has 2 aliphatic heterocycles. The van der Waals surface area contributed by atoms with Crippen LogP contribution < -0.4 is 10.4 Å². The molecule has 1 saturated heterocycles. The SMILES string of the molecule is O=C(O)c1cc(F)c2nc(N3CC4CC[C@@H](OCC5=C(C6CC6)ONC5c5c(Cl)cccc5Cl)C4C3)sc2c1. The minimum absolute atomic E-state index is 0.0661. The maximum atomic E-state index is 14.6. The Hall–Kier alpha value is -2.43. The van der Waals surface area contributed by atoms with Crippen molar-refractivity contribution in [2.75, 3.05) is 24.6 Å². The number of ether oxygens (including phenoxy) is 1. The first-order chi connectivity index (χ1) is 18.9. The normalized spacial score (nSPS) is 26.5. The molecule has 2 aliphatic carbocycles. The van der Waals surface area contributed by atoms with E-state index in [2.05, 4.69) is 15.4 Å². The first-order valence-corrected chi connectivity index (χ1v) is 14.7. The van der Waals surface area contributed by atoms with Crippen LogP contribution in [-0.2, 0) is 9.57 Å². The molecule has 39 heavy (non-hydrogen) atoms. The lowest BCUT2D eigenvalue weighted by atomic mass is 9.97. The number of thiazole rings is 1. The minimum atomic E-state index is -1.15. The molecule has 4 aliphatic rings. The highest BCUT2D eigenvalue weighted by Gasteiger charge is 2.45. The van der Waals surface area contributed by atoms with E-state index in [1.807, 2.05) is 18.2 Å². The molecule has 4 atom stereocenters. The van der Waals surface area contributed by atoms with E-state index in [9.17, 15) is 14.3 Å². The zero-order valence-electron chi connectivity index (χ0n) is 20.8. The van der Waals surface area contributed by atoms with Crippen LogP contribution in [0.25, 0.3) is 10.2 Å². The number of hydroxylamine groups is 1. The average Bonchev–Trinajstić information content (AvgIpc) is 3.21. The Bertz CT molecular complexity index is 1490. The Labute approximate surface area is 238 Å². The van der Waals surface area contributed by atoms with E-state index >= 15 is 0 Å². The number of carboxylic acid groups (broad SMARTS) is 1. The maximum Gasteiger partial charge on any atom is 0.335 e. The van der Waals surface area contributed by atoms with E-state index in [-0.39, 0.29) is 23.2 Å². The van der Waals surface area contributed by atoms with E-state index < -0.39 is 11.8 Å². The maximum absolute atomic E-state index is 14.6. The van der Waals surface area contributed by atoms with E-state index in [0.29, 0.717) is 39.1 Å². The van der Waals surface area contributed by atoms with Crippen molar-refractivity contribution in [1.29, 1.82) is 0 Å². The summed E-state index contributed by atoms with van der Waals surface area (Å²) in [5, 5.41) is 11.2. The van der Waals surface area contributed by atoms with Gasteiger partial charge in [0, 0.05) is 46.1 Å². The number of aromatic nitrogens is 1. The number of allylic oxidation sites excluding steroid dienone is 1. The topological polar surface area (TPSA) is 83.9 Å². The number of rotatable bonds is 7. The molecule has 11 heteroatoms. The summed E-state index contributed by atoms with van der Waals surface area (Å²) in [6.07, 6.45) is 4.32. The highest BCUT2D eigenvalue weighted by atomic mass is 35.5. The number of halogens is 3. The number of nitrogens with zero attached hydrogens (tertiary/aromatic N) is 2. The number of carboxylic acids is 1. The first kappa shape index (κ1) is 25.5. The fourth-order valence-electron chi connectivity index (χ4n) is 6.28. The Balaban J connectivity index is 1.08. The Kier molecular flexibility index (Phi) is 6.47. The zero-order valence-corrected chi connectivity index (χ0v) is 23.2. The van der Waals surface area contributed by atoms with Crippen LogP contribution in [0, 0.1) is 23.6 Å². The zero-order chi connectivity index (χ0) is 26.8. The third-order valence-corrected chi connectivity index (χ3v) is 10.1. The number of nitrogens with one attached hydrogen (secondary N) is 1. The van der Waals surface area contributed by atoms with Crippen molar-refractivity contribution in [3.8, 4) is 0 Å². The Morgan fingerprint density at radius 1 is 1.21 bits per heavy atom. The van der Waals surface area contributed by atoms with Gasteiger partial charge in [-0.05, 0) is 55.9 Å². The number of hydrogen-bond donors (Lipinski definition) is 2. The Morgan fingerprint density at radius 2 is 2.00 bits per heavy atom. The van der Waals surface area contributed by atoms with Gasteiger partial charge in [-0.3, -0.25) is 0 Å². The summed E-state index contributed by atoms with van der Waals surface area (Å²) >= 11 is 14.4. The summed E-state index contributed by atoms with van der Waals surface area (Å²) in [6, 6.07) is 7.78. The molecule has 2 N–H and O–H groups in total. The predicted octanol–water partition coefficient (Wildman–Crippen LogP) is 6.61. The summed E-state index contributed by atoms with van der Waals surface area (Å²) in [5.74, 6) is 0.401. The lowest BCUT2D eigenvalue weighted by Crippen LogP contribution is -2.27. The molecule has 0 radical (unpaired) electrons. The van der Waals surface area contributed by atoms with Crippen molar-refractivity contribution in [2.24, 2.45) is 17.8 Å². The summed E-state index contributed by atoms with van der Waals surface area (Å²) in [7, 11) is 0. The molecule has 3 fully saturated rings. The van der Waals surface area contributed by atoms with Crippen LogP contribution in [-0.4, -0.2) is 41.9 Å². The van der Waals surface area contributed by atoms with Crippen molar-refractivity contribution in [1.82, 2.24) is 10.5 Å². The molecular weight excluding hydrogens is 564 g/mol. The van der Waals surface area contributed by atoms with E-state index in [4.69, 9.17) is 32.8 Å². The molecule has 7 rings (SSSR count). The predicted molar refractivity (Wildman–Crippen MR) is 148 cm³/mol. The largest absolute Gasteiger partial charge is 0.478 e. The minimum Gasteiger partial charge on any atom is -0.478 e. The van der Waals surface area contributed by atoms with E-state index in [1.165, 1.54) is 17.4 Å². The lowest BCUT2D eigenvalue weighted by Gasteiger charge is -2.23. The van der Waals surface area contributed by atoms with Gasteiger partial charge in [0.1, 0.15) is 11.3 Å². The van der Waals surface area contributed by atoms with Crippen LogP contribution in [0.4, 0.5) is 9.52 Å². The molecule has 0 amide bonds. The van der Waals surface area contributed by atoms with Crippen LogP contribution in [0.3, 0.4) is 0 Å². The monoisotopic (exact) mass is 589 g/mol. The Morgan fingerprint density at radius 3 is 2.74 bits per heavy atom. The summed E-state index contributed by atoms with van der Waals surface area (Å²) in [6.45, 7) is 2.03. The van der Waals surface area contributed by atoms with Crippen LogP contribution >= 0.6 is 34.5 Å². The van der Waals surface area contributed by atoms with Gasteiger partial charge in [0.05, 0.1) is 29.0 Å². The van der Waals surface area contributed by atoms with Crippen LogP contribution in [0.15, 0.2) is 41.7 Å². The van der Waals surface area contributed by atoms with Gasteiger partial charge in [0.25, 0.3) is 0 Å². The van der Waals surface area contributed by atoms with Crippen LogP contribution in [0.5, 0.6) is 0 Å². The third kappa shape index (κ3) is 4.58. The molecule has 0 spiro atoms.